The number of aliphatic hydroxyl groups excluding tert-OH is 1. The third kappa shape index (κ3) is 3.85. The van der Waals surface area contributed by atoms with Gasteiger partial charge in [0, 0.05) is 12.7 Å². The second-order valence-electron chi connectivity index (χ2n) is 4.02. The lowest BCUT2D eigenvalue weighted by molar-refractivity contribution is 0.173. The molecule has 0 aliphatic heterocycles. The smallest absolute Gasteiger partial charge is 0.152 e. The molecule has 0 aliphatic rings. The third-order valence-electron chi connectivity index (χ3n) is 2.68. The molecule has 96 valence electrons. The van der Waals surface area contributed by atoms with E-state index >= 15 is 0 Å². The Morgan fingerprint density at radius 2 is 1.94 bits per heavy atom. The monoisotopic (exact) mass is 296 g/mol. The molecule has 0 saturated heterocycles. The first-order chi connectivity index (χ1) is 7.73. The number of sulfone groups is 1. The molecular weight excluding hydrogens is 283 g/mol. The van der Waals surface area contributed by atoms with E-state index in [1.807, 2.05) is 0 Å². The molecule has 0 aliphatic carbocycles. The molecule has 0 bridgehead atoms. The Morgan fingerprint density at radius 3 is 2.47 bits per heavy atom. The average molecular weight is 297 g/mol. The van der Waals surface area contributed by atoms with Crippen molar-refractivity contribution in [2.24, 2.45) is 0 Å². The average Bonchev–Trinajstić information content (AvgIpc) is 2.22. The van der Waals surface area contributed by atoms with Gasteiger partial charge in [0.15, 0.2) is 9.84 Å². The maximum absolute atomic E-state index is 11.3. The Kier molecular flexibility index (Phi) is 4.84. The van der Waals surface area contributed by atoms with E-state index in [1.165, 1.54) is 6.92 Å². The first-order valence-corrected chi connectivity index (χ1v) is 7.74. The Morgan fingerprint density at radius 1 is 1.35 bits per heavy atom. The highest BCUT2D eigenvalue weighted by Crippen LogP contribution is 2.27. The molecule has 17 heavy (non-hydrogen) atoms. The molecule has 3 nitrogen and oxygen atoms in total. The summed E-state index contributed by atoms with van der Waals surface area (Å²) in [4.78, 5) is 0. The van der Waals surface area contributed by atoms with Crippen LogP contribution in [0.5, 0.6) is 0 Å². The van der Waals surface area contributed by atoms with Crippen LogP contribution in [0.2, 0.25) is 10.0 Å². The van der Waals surface area contributed by atoms with Crippen molar-refractivity contribution in [1.29, 1.82) is 0 Å². The summed E-state index contributed by atoms with van der Waals surface area (Å²) in [5.41, 5.74) is 0.641. The van der Waals surface area contributed by atoms with Crippen LogP contribution in [-0.4, -0.2) is 31.1 Å². The number of halogens is 2. The summed E-state index contributed by atoms with van der Waals surface area (Å²) < 4.78 is 22.6. The normalized spacial score (nSPS) is 15.6. The lowest BCUT2D eigenvalue weighted by Gasteiger charge is -2.18. The van der Waals surface area contributed by atoms with Crippen LogP contribution in [0.15, 0.2) is 18.2 Å². The number of aliphatic hydroxyl groups is 1. The fourth-order valence-corrected chi connectivity index (χ4v) is 2.45. The van der Waals surface area contributed by atoms with E-state index in [0.29, 0.717) is 15.6 Å². The zero-order valence-electron chi connectivity index (χ0n) is 9.52. The Hall–Kier alpha value is -0.290. The second-order valence-corrected chi connectivity index (χ2v) is 7.21. The van der Waals surface area contributed by atoms with Gasteiger partial charge in [-0.15, -0.1) is 0 Å². The molecule has 0 aromatic heterocycles. The summed E-state index contributed by atoms with van der Waals surface area (Å²) in [6.45, 7) is 1.47. The summed E-state index contributed by atoms with van der Waals surface area (Å²) in [6.07, 6.45) is 0.259. The van der Waals surface area contributed by atoms with E-state index in [9.17, 15) is 13.5 Å². The standard InChI is InChI=1S/C11H14Cl2O3S/c1-7(17(2,15)16)10(14)6-8-4-3-5-9(12)11(8)13/h3-5,7,10,14H,6H2,1-2H3. The van der Waals surface area contributed by atoms with Gasteiger partial charge in [-0.25, -0.2) is 8.42 Å². The Bertz CT molecular complexity index is 499. The highest BCUT2D eigenvalue weighted by Gasteiger charge is 2.24. The van der Waals surface area contributed by atoms with E-state index in [4.69, 9.17) is 23.2 Å². The molecule has 0 fully saturated rings. The number of hydrogen-bond donors (Lipinski definition) is 1. The SMILES string of the molecule is CC(C(O)Cc1cccc(Cl)c1Cl)S(C)(=O)=O. The van der Waals surface area contributed by atoms with Crippen LogP contribution in [-0.2, 0) is 16.3 Å². The molecule has 1 aromatic rings. The predicted molar refractivity (Wildman–Crippen MR) is 70.5 cm³/mol. The van der Waals surface area contributed by atoms with Crippen LogP contribution < -0.4 is 0 Å². The predicted octanol–water partition coefficient (Wildman–Crippen LogP) is 2.33. The van der Waals surface area contributed by atoms with Crippen LogP contribution in [0.1, 0.15) is 12.5 Å². The fourth-order valence-electron chi connectivity index (χ4n) is 1.38. The summed E-state index contributed by atoms with van der Waals surface area (Å²) in [7, 11) is -3.27. The van der Waals surface area contributed by atoms with E-state index in [-0.39, 0.29) is 6.42 Å². The Balaban J connectivity index is 2.89. The van der Waals surface area contributed by atoms with Gasteiger partial charge in [-0.2, -0.15) is 0 Å². The largest absolute Gasteiger partial charge is 0.391 e. The van der Waals surface area contributed by atoms with Gasteiger partial charge in [0.05, 0.1) is 21.4 Å². The first kappa shape index (κ1) is 14.8. The van der Waals surface area contributed by atoms with Crippen molar-refractivity contribution in [2.75, 3.05) is 6.26 Å². The minimum absolute atomic E-state index is 0.160. The molecule has 0 spiro atoms. The van der Waals surface area contributed by atoms with Crippen molar-refractivity contribution in [3.63, 3.8) is 0 Å². The highest BCUT2D eigenvalue weighted by molar-refractivity contribution is 7.91. The second kappa shape index (κ2) is 5.57. The molecule has 6 heteroatoms. The number of rotatable bonds is 4. The number of benzene rings is 1. The molecule has 1 N–H and O–H groups in total. The highest BCUT2D eigenvalue weighted by atomic mass is 35.5. The summed E-state index contributed by atoms with van der Waals surface area (Å²) >= 11 is 11.8. The van der Waals surface area contributed by atoms with Crippen LogP contribution in [0.3, 0.4) is 0 Å². The molecule has 2 unspecified atom stereocenters. The van der Waals surface area contributed by atoms with Crippen LogP contribution in [0, 0.1) is 0 Å². The van der Waals surface area contributed by atoms with E-state index < -0.39 is 21.2 Å². The summed E-state index contributed by atoms with van der Waals surface area (Å²) in [6, 6.07) is 5.06. The van der Waals surface area contributed by atoms with Gasteiger partial charge in [-0.05, 0) is 18.6 Å². The Labute approximate surface area is 111 Å². The molecule has 0 radical (unpaired) electrons. The topological polar surface area (TPSA) is 54.4 Å². The lowest BCUT2D eigenvalue weighted by Crippen LogP contribution is -2.32. The molecule has 2 atom stereocenters. The van der Waals surface area contributed by atoms with E-state index in [0.717, 1.165) is 6.26 Å². The van der Waals surface area contributed by atoms with Crippen LogP contribution >= 0.6 is 23.2 Å². The first-order valence-electron chi connectivity index (χ1n) is 5.03. The van der Waals surface area contributed by atoms with Crippen molar-refractivity contribution in [3.8, 4) is 0 Å². The van der Waals surface area contributed by atoms with Gasteiger partial charge in [0.25, 0.3) is 0 Å². The van der Waals surface area contributed by atoms with Crippen molar-refractivity contribution in [3.05, 3.63) is 33.8 Å². The summed E-state index contributed by atoms with van der Waals surface area (Å²) in [5, 5.41) is 9.75. The van der Waals surface area contributed by atoms with Gasteiger partial charge < -0.3 is 5.11 Å². The molecule has 1 rings (SSSR count). The molecule has 0 heterocycles. The van der Waals surface area contributed by atoms with Crippen molar-refractivity contribution in [1.82, 2.24) is 0 Å². The van der Waals surface area contributed by atoms with E-state index in [2.05, 4.69) is 0 Å². The van der Waals surface area contributed by atoms with Gasteiger partial charge in [0.1, 0.15) is 0 Å². The minimum atomic E-state index is -3.27. The number of hydrogen-bond acceptors (Lipinski definition) is 3. The van der Waals surface area contributed by atoms with Gasteiger partial charge in [-0.1, -0.05) is 35.3 Å². The molecule has 0 saturated carbocycles. The minimum Gasteiger partial charge on any atom is -0.391 e. The third-order valence-corrected chi connectivity index (χ3v) is 5.20. The maximum Gasteiger partial charge on any atom is 0.152 e. The van der Waals surface area contributed by atoms with Crippen molar-refractivity contribution < 1.29 is 13.5 Å². The lowest BCUT2D eigenvalue weighted by atomic mass is 10.1. The maximum atomic E-state index is 11.3. The fraction of sp³-hybridized carbons (Fsp3) is 0.455. The van der Waals surface area contributed by atoms with Crippen LogP contribution in [0.4, 0.5) is 0 Å². The molecule has 0 amide bonds. The van der Waals surface area contributed by atoms with Gasteiger partial charge in [-0.3, -0.25) is 0 Å². The van der Waals surface area contributed by atoms with Crippen LogP contribution in [0.25, 0.3) is 0 Å². The molecular formula is C11H14Cl2O3S. The van der Waals surface area contributed by atoms with E-state index in [1.54, 1.807) is 18.2 Å². The quantitative estimate of drug-likeness (QED) is 0.928. The van der Waals surface area contributed by atoms with Crippen molar-refractivity contribution >= 4 is 33.0 Å². The zero-order valence-corrected chi connectivity index (χ0v) is 11.9. The molecule has 1 aromatic carbocycles. The van der Waals surface area contributed by atoms with Gasteiger partial charge >= 0.3 is 0 Å². The van der Waals surface area contributed by atoms with Gasteiger partial charge in [0.2, 0.25) is 0 Å². The zero-order chi connectivity index (χ0) is 13.2. The summed E-state index contributed by atoms with van der Waals surface area (Å²) in [5.74, 6) is 0. The van der Waals surface area contributed by atoms with Crippen molar-refractivity contribution in [2.45, 2.75) is 24.7 Å².